The first kappa shape index (κ1) is 16.0. The molecule has 3 unspecified atom stereocenters. The van der Waals surface area contributed by atoms with Gasteiger partial charge in [0, 0.05) is 0 Å². The molecular formula is C15H26O4. The van der Waals surface area contributed by atoms with Crippen molar-refractivity contribution in [3.8, 4) is 0 Å². The van der Waals surface area contributed by atoms with Crippen LogP contribution >= 0.6 is 0 Å². The Labute approximate surface area is 115 Å². The fraction of sp³-hybridized carbons (Fsp3) is 0.867. The normalized spacial score (nSPS) is 27.1. The summed E-state index contributed by atoms with van der Waals surface area (Å²) in [6, 6.07) is 0. The summed E-state index contributed by atoms with van der Waals surface area (Å²) in [6.07, 6.45) is 2.10. The van der Waals surface area contributed by atoms with Crippen LogP contribution in [0.2, 0.25) is 0 Å². The number of ether oxygens (including phenoxy) is 2. The molecule has 1 fully saturated rings. The molecule has 0 aromatic carbocycles. The Bertz CT molecular complexity index is 330. The maximum atomic E-state index is 11.9. The average Bonchev–Trinajstić information content (AvgIpc) is 2.55. The lowest BCUT2D eigenvalue weighted by atomic mass is 9.99. The number of hydrogen-bond donors (Lipinski definition) is 0. The van der Waals surface area contributed by atoms with E-state index in [1.165, 1.54) is 0 Å². The van der Waals surface area contributed by atoms with Gasteiger partial charge in [0.05, 0.1) is 12.3 Å². The van der Waals surface area contributed by atoms with E-state index in [0.29, 0.717) is 11.8 Å². The highest BCUT2D eigenvalue weighted by molar-refractivity contribution is 5.74. The van der Waals surface area contributed by atoms with E-state index in [1.54, 1.807) is 0 Å². The Kier molecular flexibility index (Phi) is 5.39. The highest BCUT2D eigenvalue weighted by Crippen LogP contribution is 2.36. The Morgan fingerprint density at radius 3 is 2.26 bits per heavy atom. The maximum absolute atomic E-state index is 11.9. The van der Waals surface area contributed by atoms with Crippen molar-refractivity contribution in [3.05, 3.63) is 0 Å². The highest BCUT2D eigenvalue weighted by atomic mass is 16.6. The molecule has 110 valence electrons. The Hall–Kier alpha value is -1.06. The van der Waals surface area contributed by atoms with Crippen LogP contribution in [0, 0.1) is 17.8 Å². The third kappa shape index (κ3) is 5.62. The van der Waals surface area contributed by atoms with Crippen LogP contribution in [0.5, 0.6) is 0 Å². The SMILES string of the molecule is CC1CC(C)C(C(=O)OCCC(=O)OC(C)(C)C)C1. The third-order valence-electron chi connectivity index (χ3n) is 3.39. The minimum absolute atomic E-state index is 0.00589. The predicted molar refractivity (Wildman–Crippen MR) is 72.5 cm³/mol. The molecular weight excluding hydrogens is 244 g/mol. The summed E-state index contributed by atoms with van der Waals surface area (Å²) >= 11 is 0. The predicted octanol–water partition coefficient (Wildman–Crippen LogP) is 2.94. The van der Waals surface area contributed by atoms with Gasteiger partial charge in [0.1, 0.15) is 12.2 Å². The van der Waals surface area contributed by atoms with Gasteiger partial charge in [-0.05, 0) is 45.4 Å². The summed E-state index contributed by atoms with van der Waals surface area (Å²) in [5.74, 6) is 0.463. The van der Waals surface area contributed by atoms with Crippen molar-refractivity contribution in [1.82, 2.24) is 0 Å². The first-order valence-corrected chi connectivity index (χ1v) is 7.07. The van der Waals surface area contributed by atoms with Crippen LogP contribution in [0.3, 0.4) is 0 Å². The molecule has 1 rings (SSSR count). The van der Waals surface area contributed by atoms with Gasteiger partial charge in [-0.2, -0.15) is 0 Å². The minimum atomic E-state index is -0.490. The van der Waals surface area contributed by atoms with Crippen LogP contribution in [0.25, 0.3) is 0 Å². The molecule has 0 bridgehead atoms. The monoisotopic (exact) mass is 270 g/mol. The number of carbonyl (C=O) groups excluding carboxylic acids is 2. The molecule has 0 saturated heterocycles. The van der Waals surface area contributed by atoms with Crippen LogP contribution in [0.1, 0.15) is 53.9 Å². The van der Waals surface area contributed by atoms with Gasteiger partial charge in [-0.3, -0.25) is 9.59 Å². The van der Waals surface area contributed by atoms with Gasteiger partial charge in [0.2, 0.25) is 0 Å². The van der Waals surface area contributed by atoms with Crippen molar-refractivity contribution < 1.29 is 19.1 Å². The second kappa shape index (κ2) is 6.40. The molecule has 0 N–H and O–H groups in total. The molecule has 1 aliphatic rings. The van der Waals surface area contributed by atoms with Crippen LogP contribution < -0.4 is 0 Å². The van der Waals surface area contributed by atoms with E-state index in [-0.39, 0.29) is 30.9 Å². The molecule has 0 amide bonds. The molecule has 3 atom stereocenters. The molecule has 0 radical (unpaired) electrons. The average molecular weight is 270 g/mol. The Morgan fingerprint density at radius 2 is 1.79 bits per heavy atom. The number of rotatable bonds is 4. The van der Waals surface area contributed by atoms with E-state index in [0.717, 1.165) is 12.8 Å². The van der Waals surface area contributed by atoms with Gasteiger partial charge in [-0.1, -0.05) is 13.8 Å². The zero-order valence-corrected chi connectivity index (χ0v) is 12.7. The lowest BCUT2D eigenvalue weighted by Gasteiger charge is -2.19. The fourth-order valence-electron chi connectivity index (χ4n) is 2.62. The van der Waals surface area contributed by atoms with Crippen molar-refractivity contribution in [1.29, 1.82) is 0 Å². The van der Waals surface area contributed by atoms with Crippen LogP contribution in [-0.2, 0) is 19.1 Å². The second-order valence-electron chi connectivity index (χ2n) is 6.66. The summed E-state index contributed by atoms with van der Waals surface area (Å²) < 4.78 is 10.3. The quantitative estimate of drug-likeness (QED) is 0.737. The summed E-state index contributed by atoms with van der Waals surface area (Å²) in [7, 11) is 0. The lowest BCUT2D eigenvalue weighted by Crippen LogP contribution is -2.26. The topological polar surface area (TPSA) is 52.6 Å². The molecule has 4 nitrogen and oxygen atoms in total. The van der Waals surface area contributed by atoms with Gasteiger partial charge in [-0.15, -0.1) is 0 Å². The molecule has 0 aromatic rings. The smallest absolute Gasteiger partial charge is 0.309 e. The van der Waals surface area contributed by atoms with Crippen molar-refractivity contribution >= 4 is 11.9 Å². The van der Waals surface area contributed by atoms with Gasteiger partial charge in [-0.25, -0.2) is 0 Å². The van der Waals surface area contributed by atoms with Crippen molar-refractivity contribution in [2.24, 2.45) is 17.8 Å². The second-order valence-corrected chi connectivity index (χ2v) is 6.66. The molecule has 4 heteroatoms. The number of hydrogen-bond acceptors (Lipinski definition) is 4. The zero-order valence-electron chi connectivity index (χ0n) is 12.7. The first-order chi connectivity index (χ1) is 8.69. The zero-order chi connectivity index (χ0) is 14.6. The molecule has 19 heavy (non-hydrogen) atoms. The van der Waals surface area contributed by atoms with Crippen LogP contribution in [-0.4, -0.2) is 24.1 Å². The van der Waals surface area contributed by atoms with E-state index >= 15 is 0 Å². The maximum Gasteiger partial charge on any atom is 0.309 e. The van der Waals surface area contributed by atoms with Gasteiger partial charge in [0.25, 0.3) is 0 Å². The van der Waals surface area contributed by atoms with Crippen molar-refractivity contribution in [2.75, 3.05) is 6.61 Å². The number of carbonyl (C=O) groups is 2. The van der Waals surface area contributed by atoms with Gasteiger partial charge in [0.15, 0.2) is 0 Å². The minimum Gasteiger partial charge on any atom is -0.465 e. The van der Waals surface area contributed by atoms with E-state index < -0.39 is 5.60 Å². The Morgan fingerprint density at radius 1 is 1.16 bits per heavy atom. The third-order valence-corrected chi connectivity index (χ3v) is 3.39. The van der Waals surface area contributed by atoms with E-state index in [2.05, 4.69) is 13.8 Å². The van der Waals surface area contributed by atoms with Gasteiger partial charge >= 0.3 is 11.9 Å². The van der Waals surface area contributed by atoms with Crippen molar-refractivity contribution in [2.45, 2.75) is 59.5 Å². The number of esters is 2. The largest absolute Gasteiger partial charge is 0.465 e. The summed E-state index contributed by atoms with van der Waals surface area (Å²) in [5, 5.41) is 0. The highest BCUT2D eigenvalue weighted by Gasteiger charge is 2.35. The standard InChI is InChI=1S/C15H26O4/c1-10-8-11(2)12(9-10)14(17)18-7-6-13(16)19-15(3,4)5/h10-12H,6-9H2,1-5H3. The molecule has 0 aliphatic heterocycles. The summed E-state index contributed by atoms with van der Waals surface area (Å²) in [4.78, 5) is 23.4. The summed E-state index contributed by atoms with van der Waals surface area (Å²) in [6.45, 7) is 9.81. The van der Waals surface area contributed by atoms with E-state index in [4.69, 9.17) is 9.47 Å². The molecule has 1 aliphatic carbocycles. The van der Waals surface area contributed by atoms with Crippen molar-refractivity contribution in [3.63, 3.8) is 0 Å². The van der Waals surface area contributed by atoms with Crippen LogP contribution in [0.4, 0.5) is 0 Å². The fourth-order valence-corrected chi connectivity index (χ4v) is 2.62. The van der Waals surface area contributed by atoms with E-state index in [9.17, 15) is 9.59 Å². The first-order valence-electron chi connectivity index (χ1n) is 7.07. The summed E-state index contributed by atoms with van der Waals surface area (Å²) in [5.41, 5.74) is -0.490. The molecule has 0 heterocycles. The lowest BCUT2D eigenvalue weighted by molar-refractivity contribution is -0.158. The van der Waals surface area contributed by atoms with Crippen LogP contribution in [0.15, 0.2) is 0 Å². The van der Waals surface area contributed by atoms with Gasteiger partial charge < -0.3 is 9.47 Å². The Balaban J connectivity index is 2.26. The van der Waals surface area contributed by atoms with E-state index in [1.807, 2.05) is 20.8 Å². The molecule has 0 aromatic heterocycles. The molecule has 1 saturated carbocycles. The molecule has 0 spiro atoms.